The van der Waals surface area contributed by atoms with E-state index >= 15 is 0 Å². The van der Waals surface area contributed by atoms with Crippen molar-refractivity contribution in [1.82, 2.24) is 5.32 Å². The van der Waals surface area contributed by atoms with Gasteiger partial charge >= 0.3 is 5.97 Å². The number of ketones is 1. The number of rotatable bonds is 5. The fraction of sp³-hybridized carbons (Fsp3) is 0.353. The summed E-state index contributed by atoms with van der Waals surface area (Å²) in [6.45, 7) is 3.47. The Hall–Kier alpha value is -2.43. The summed E-state index contributed by atoms with van der Waals surface area (Å²) in [4.78, 5) is 36.5. The van der Waals surface area contributed by atoms with Gasteiger partial charge in [0.25, 0.3) is 0 Å². The molecule has 1 heterocycles. The Morgan fingerprint density at radius 2 is 1.77 bits per heavy atom. The summed E-state index contributed by atoms with van der Waals surface area (Å²) >= 11 is 0. The molecule has 0 saturated carbocycles. The lowest BCUT2D eigenvalue weighted by Gasteiger charge is -2.32. The number of Topliss-reactive ketones (excluding diaryl/α,β-unsaturated/α-hetero) is 1. The highest BCUT2D eigenvalue weighted by Gasteiger charge is 2.46. The van der Waals surface area contributed by atoms with Gasteiger partial charge in [-0.25, -0.2) is 4.79 Å². The molecule has 1 amide bonds. The average molecular weight is 301 g/mol. The standard InChI is InChI=1S/C17H19NO4/c1-3-17(4-2)14(19)13(10-18-16(17)21)11-22-15(20)12-8-6-5-7-9-12/h5-10H,3-4,11H2,1-2H3,(H,18,21). The van der Waals surface area contributed by atoms with Crippen molar-refractivity contribution in [3.8, 4) is 0 Å². The Bertz CT molecular complexity index is 615. The minimum Gasteiger partial charge on any atom is -0.457 e. The smallest absolute Gasteiger partial charge is 0.338 e. The van der Waals surface area contributed by atoms with Crippen LogP contribution in [0, 0.1) is 5.41 Å². The number of ether oxygens (including phenoxy) is 1. The number of amides is 1. The van der Waals surface area contributed by atoms with Crippen LogP contribution in [-0.2, 0) is 14.3 Å². The molecule has 1 N–H and O–H groups in total. The van der Waals surface area contributed by atoms with E-state index in [1.807, 2.05) is 0 Å². The predicted octanol–water partition coefficient (Wildman–Crippen LogP) is 2.23. The molecular weight excluding hydrogens is 282 g/mol. The molecule has 22 heavy (non-hydrogen) atoms. The van der Waals surface area contributed by atoms with Crippen LogP contribution in [0.4, 0.5) is 0 Å². The van der Waals surface area contributed by atoms with Crippen molar-refractivity contribution in [1.29, 1.82) is 0 Å². The third kappa shape index (κ3) is 2.79. The van der Waals surface area contributed by atoms with Crippen LogP contribution in [0.2, 0.25) is 0 Å². The minimum absolute atomic E-state index is 0.144. The molecule has 0 radical (unpaired) electrons. The SMILES string of the molecule is CCC1(CC)C(=O)NC=C(COC(=O)c2ccccc2)C1=O. The van der Waals surface area contributed by atoms with E-state index in [1.54, 1.807) is 44.2 Å². The largest absolute Gasteiger partial charge is 0.457 e. The lowest BCUT2D eigenvalue weighted by Crippen LogP contribution is -2.49. The maximum absolute atomic E-state index is 12.5. The summed E-state index contributed by atoms with van der Waals surface area (Å²) in [5, 5.41) is 2.61. The van der Waals surface area contributed by atoms with Crippen molar-refractivity contribution in [3.05, 3.63) is 47.7 Å². The lowest BCUT2D eigenvalue weighted by molar-refractivity contribution is -0.141. The number of benzene rings is 1. The number of carbonyl (C=O) groups is 3. The number of esters is 1. The Kier molecular flexibility index (Phi) is 4.75. The van der Waals surface area contributed by atoms with Gasteiger partial charge in [0.05, 0.1) is 5.56 Å². The van der Waals surface area contributed by atoms with Gasteiger partial charge in [0, 0.05) is 11.8 Å². The number of carbonyl (C=O) groups excluding carboxylic acids is 3. The van der Waals surface area contributed by atoms with Gasteiger partial charge in [-0.1, -0.05) is 32.0 Å². The van der Waals surface area contributed by atoms with Gasteiger partial charge in [-0.15, -0.1) is 0 Å². The number of hydrogen-bond acceptors (Lipinski definition) is 4. The van der Waals surface area contributed by atoms with Crippen LogP contribution in [-0.4, -0.2) is 24.3 Å². The van der Waals surface area contributed by atoms with Gasteiger partial charge in [0.15, 0.2) is 5.78 Å². The first kappa shape index (κ1) is 15.9. The number of hydrogen-bond donors (Lipinski definition) is 1. The zero-order valence-electron chi connectivity index (χ0n) is 12.7. The van der Waals surface area contributed by atoms with E-state index in [0.717, 1.165) is 0 Å². The van der Waals surface area contributed by atoms with Crippen LogP contribution in [0.5, 0.6) is 0 Å². The van der Waals surface area contributed by atoms with Crippen molar-refractivity contribution >= 4 is 17.7 Å². The Balaban J connectivity index is 2.09. The summed E-state index contributed by atoms with van der Waals surface area (Å²) in [6, 6.07) is 8.56. The Morgan fingerprint density at radius 1 is 1.14 bits per heavy atom. The third-order valence-corrected chi connectivity index (χ3v) is 4.11. The molecule has 0 atom stereocenters. The molecule has 2 rings (SSSR count). The quantitative estimate of drug-likeness (QED) is 0.668. The summed E-state index contributed by atoms with van der Waals surface area (Å²) in [5.74, 6) is -1.05. The first-order valence-corrected chi connectivity index (χ1v) is 7.32. The highest BCUT2D eigenvalue weighted by molar-refractivity contribution is 6.16. The van der Waals surface area contributed by atoms with Crippen LogP contribution in [0.1, 0.15) is 37.0 Å². The fourth-order valence-electron chi connectivity index (χ4n) is 2.57. The molecule has 0 saturated heterocycles. The molecule has 0 bridgehead atoms. The molecule has 0 spiro atoms. The molecule has 1 aliphatic heterocycles. The number of nitrogens with one attached hydrogen (secondary N) is 1. The van der Waals surface area contributed by atoms with E-state index in [9.17, 15) is 14.4 Å². The van der Waals surface area contributed by atoms with Gasteiger partial charge < -0.3 is 10.1 Å². The first-order valence-electron chi connectivity index (χ1n) is 7.32. The minimum atomic E-state index is -1.05. The van der Waals surface area contributed by atoms with Gasteiger partial charge in [-0.2, -0.15) is 0 Å². The second-order valence-electron chi connectivity index (χ2n) is 5.20. The van der Waals surface area contributed by atoms with Gasteiger partial charge in [-0.3, -0.25) is 9.59 Å². The topological polar surface area (TPSA) is 72.5 Å². The lowest BCUT2D eigenvalue weighted by atomic mass is 9.73. The molecule has 1 aromatic rings. The third-order valence-electron chi connectivity index (χ3n) is 4.11. The van der Waals surface area contributed by atoms with Crippen molar-refractivity contribution in [2.45, 2.75) is 26.7 Å². The monoisotopic (exact) mass is 301 g/mol. The van der Waals surface area contributed by atoms with E-state index in [4.69, 9.17) is 4.74 Å². The maximum atomic E-state index is 12.5. The first-order chi connectivity index (χ1) is 10.5. The second kappa shape index (κ2) is 6.56. The van der Waals surface area contributed by atoms with Gasteiger partial charge in [-0.05, 0) is 25.0 Å². The van der Waals surface area contributed by atoms with Gasteiger partial charge in [0.1, 0.15) is 12.0 Å². The zero-order valence-corrected chi connectivity index (χ0v) is 12.7. The molecule has 116 valence electrons. The normalized spacial score (nSPS) is 16.7. The molecular formula is C17H19NO4. The maximum Gasteiger partial charge on any atom is 0.338 e. The summed E-state index contributed by atoms with van der Waals surface area (Å²) < 4.78 is 5.18. The van der Waals surface area contributed by atoms with Crippen LogP contribution in [0.3, 0.4) is 0 Å². The summed E-state index contributed by atoms with van der Waals surface area (Å²) in [5.41, 5.74) is -0.316. The molecule has 5 nitrogen and oxygen atoms in total. The van der Waals surface area contributed by atoms with E-state index < -0.39 is 11.4 Å². The molecule has 1 aliphatic rings. The molecule has 1 aromatic carbocycles. The van der Waals surface area contributed by atoms with Crippen LogP contribution < -0.4 is 5.32 Å². The molecule has 0 unspecified atom stereocenters. The second-order valence-corrected chi connectivity index (χ2v) is 5.20. The van der Waals surface area contributed by atoms with Crippen LogP contribution in [0.15, 0.2) is 42.1 Å². The van der Waals surface area contributed by atoms with E-state index in [-0.39, 0.29) is 18.3 Å². The van der Waals surface area contributed by atoms with Crippen molar-refractivity contribution in [2.24, 2.45) is 5.41 Å². The van der Waals surface area contributed by atoms with E-state index in [0.29, 0.717) is 24.0 Å². The van der Waals surface area contributed by atoms with Gasteiger partial charge in [0.2, 0.25) is 5.91 Å². The van der Waals surface area contributed by atoms with Crippen molar-refractivity contribution in [2.75, 3.05) is 6.61 Å². The predicted molar refractivity (Wildman–Crippen MR) is 81.0 cm³/mol. The zero-order chi connectivity index (χ0) is 16.2. The molecule has 0 aromatic heterocycles. The fourth-order valence-corrected chi connectivity index (χ4v) is 2.57. The van der Waals surface area contributed by atoms with E-state index in [2.05, 4.69) is 5.32 Å². The van der Waals surface area contributed by atoms with Crippen molar-refractivity contribution < 1.29 is 19.1 Å². The average Bonchev–Trinajstić information content (AvgIpc) is 2.56. The summed E-state index contributed by atoms with van der Waals surface area (Å²) in [6.07, 6.45) is 2.17. The summed E-state index contributed by atoms with van der Waals surface area (Å²) in [7, 11) is 0. The van der Waals surface area contributed by atoms with Crippen LogP contribution >= 0.6 is 0 Å². The van der Waals surface area contributed by atoms with Crippen LogP contribution in [0.25, 0.3) is 0 Å². The Morgan fingerprint density at radius 3 is 2.36 bits per heavy atom. The van der Waals surface area contributed by atoms with Crippen molar-refractivity contribution in [3.63, 3.8) is 0 Å². The molecule has 0 aliphatic carbocycles. The Labute approximate surface area is 129 Å². The molecule has 0 fully saturated rings. The molecule has 5 heteroatoms. The highest BCUT2D eigenvalue weighted by Crippen LogP contribution is 2.33. The highest BCUT2D eigenvalue weighted by atomic mass is 16.5. The van der Waals surface area contributed by atoms with E-state index in [1.165, 1.54) is 6.20 Å².